The molecule has 19 heavy (non-hydrogen) atoms. The fraction of sp³-hybridized carbons (Fsp3) is 0.625. The minimum atomic E-state index is 0.396. The van der Waals surface area contributed by atoms with Crippen LogP contribution in [0, 0.1) is 0 Å². The lowest BCUT2D eigenvalue weighted by atomic mass is 9.87. The molecule has 2 aliphatic rings. The highest BCUT2D eigenvalue weighted by Crippen LogP contribution is 2.31. The second-order valence-corrected chi connectivity index (χ2v) is 5.99. The minimum Gasteiger partial charge on any atom is -0.508 e. The SMILES string of the molecule is CN(CCNC1CCCc2cc(O)ccc21)C1CC1. The van der Waals surface area contributed by atoms with Gasteiger partial charge >= 0.3 is 0 Å². The molecule has 0 radical (unpaired) electrons. The van der Waals surface area contributed by atoms with E-state index in [-0.39, 0.29) is 0 Å². The number of nitrogens with one attached hydrogen (secondary N) is 1. The summed E-state index contributed by atoms with van der Waals surface area (Å²) in [5.41, 5.74) is 2.71. The molecule has 2 aliphatic carbocycles. The number of phenols is 1. The highest BCUT2D eigenvalue weighted by molar-refractivity contribution is 5.38. The van der Waals surface area contributed by atoms with Crippen LogP contribution in [-0.4, -0.2) is 36.2 Å². The van der Waals surface area contributed by atoms with Gasteiger partial charge in [-0.3, -0.25) is 0 Å². The Morgan fingerprint density at radius 2 is 2.16 bits per heavy atom. The van der Waals surface area contributed by atoms with Gasteiger partial charge in [0.2, 0.25) is 0 Å². The standard InChI is InChI=1S/C16H24N2O/c1-18(13-5-6-13)10-9-17-16-4-2-3-12-11-14(19)7-8-15(12)16/h7-8,11,13,16-17,19H,2-6,9-10H2,1H3. The summed E-state index contributed by atoms with van der Waals surface area (Å²) in [6, 6.07) is 7.15. The molecule has 0 spiro atoms. The molecule has 0 aliphatic heterocycles. The Bertz CT molecular complexity index is 442. The molecule has 1 fully saturated rings. The average molecular weight is 260 g/mol. The molecule has 3 rings (SSSR count). The quantitative estimate of drug-likeness (QED) is 0.853. The molecule has 1 aromatic rings. The van der Waals surface area contributed by atoms with Crippen molar-refractivity contribution in [2.24, 2.45) is 0 Å². The van der Waals surface area contributed by atoms with Crippen LogP contribution in [0.25, 0.3) is 0 Å². The third-order valence-corrected chi connectivity index (χ3v) is 4.47. The van der Waals surface area contributed by atoms with Crippen LogP contribution in [0.2, 0.25) is 0 Å². The first-order chi connectivity index (χ1) is 9.24. The lowest BCUT2D eigenvalue weighted by molar-refractivity contribution is 0.310. The first-order valence-electron chi connectivity index (χ1n) is 7.49. The lowest BCUT2D eigenvalue weighted by Gasteiger charge is -2.27. The van der Waals surface area contributed by atoms with E-state index in [1.165, 1.54) is 36.8 Å². The minimum absolute atomic E-state index is 0.396. The van der Waals surface area contributed by atoms with E-state index in [1.54, 1.807) is 0 Å². The molecule has 0 bridgehead atoms. The first-order valence-corrected chi connectivity index (χ1v) is 7.49. The van der Waals surface area contributed by atoms with E-state index in [0.29, 0.717) is 11.8 Å². The van der Waals surface area contributed by atoms with Gasteiger partial charge in [0.15, 0.2) is 0 Å². The predicted octanol–water partition coefficient (Wildman–Crippen LogP) is 2.45. The molecule has 104 valence electrons. The summed E-state index contributed by atoms with van der Waals surface area (Å²) < 4.78 is 0. The monoisotopic (exact) mass is 260 g/mol. The van der Waals surface area contributed by atoms with Crippen LogP contribution >= 0.6 is 0 Å². The number of fused-ring (bicyclic) bond motifs is 1. The van der Waals surface area contributed by atoms with E-state index in [4.69, 9.17) is 0 Å². The predicted molar refractivity (Wildman–Crippen MR) is 77.4 cm³/mol. The molecule has 3 heteroatoms. The van der Waals surface area contributed by atoms with Gasteiger partial charge in [-0.2, -0.15) is 0 Å². The Hall–Kier alpha value is -1.06. The van der Waals surface area contributed by atoms with Crippen LogP contribution in [0.1, 0.15) is 42.9 Å². The van der Waals surface area contributed by atoms with E-state index < -0.39 is 0 Å². The smallest absolute Gasteiger partial charge is 0.115 e. The third kappa shape index (κ3) is 3.10. The van der Waals surface area contributed by atoms with Crippen molar-refractivity contribution in [3.63, 3.8) is 0 Å². The summed E-state index contributed by atoms with van der Waals surface area (Å²) in [7, 11) is 2.23. The molecule has 0 heterocycles. The van der Waals surface area contributed by atoms with E-state index in [2.05, 4.69) is 23.3 Å². The number of hydrogen-bond acceptors (Lipinski definition) is 3. The first kappa shape index (κ1) is 12.9. The van der Waals surface area contributed by atoms with Crippen molar-refractivity contribution in [3.05, 3.63) is 29.3 Å². The van der Waals surface area contributed by atoms with Crippen LogP contribution in [-0.2, 0) is 6.42 Å². The van der Waals surface area contributed by atoms with Gasteiger partial charge in [0.1, 0.15) is 5.75 Å². The molecular weight excluding hydrogens is 236 g/mol. The van der Waals surface area contributed by atoms with E-state index >= 15 is 0 Å². The van der Waals surface area contributed by atoms with Crippen LogP contribution in [0.15, 0.2) is 18.2 Å². The zero-order valence-corrected chi connectivity index (χ0v) is 11.7. The molecule has 1 aromatic carbocycles. The fourth-order valence-electron chi connectivity index (χ4n) is 3.13. The Kier molecular flexibility index (Phi) is 3.76. The lowest BCUT2D eigenvalue weighted by Crippen LogP contribution is -2.34. The van der Waals surface area contributed by atoms with E-state index in [0.717, 1.165) is 25.6 Å². The largest absolute Gasteiger partial charge is 0.508 e. The van der Waals surface area contributed by atoms with Crippen LogP contribution in [0.3, 0.4) is 0 Å². The van der Waals surface area contributed by atoms with Crippen molar-refractivity contribution in [3.8, 4) is 5.75 Å². The molecule has 1 saturated carbocycles. The van der Waals surface area contributed by atoms with Crippen molar-refractivity contribution in [2.75, 3.05) is 20.1 Å². The van der Waals surface area contributed by atoms with Crippen LogP contribution in [0.5, 0.6) is 5.75 Å². The van der Waals surface area contributed by atoms with Crippen molar-refractivity contribution in [1.29, 1.82) is 0 Å². The summed E-state index contributed by atoms with van der Waals surface area (Å²) in [5, 5.41) is 13.3. The van der Waals surface area contributed by atoms with Gasteiger partial charge in [-0.1, -0.05) is 6.07 Å². The second-order valence-electron chi connectivity index (χ2n) is 5.99. The van der Waals surface area contributed by atoms with Crippen LogP contribution in [0.4, 0.5) is 0 Å². The Morgan fingerprint density at radius 1 is 1.32 bits per heavy atom. The maximum Gasteiger partial charge on any atom is 0.115 e. The third-order valence-electron chi connectivity index (χ3n) is 4.47. The molecule has 1 unspecified atom stereocenters. The maximum atomic E-state index is 9.56. The number of rotatable bonds is 5. The molecule has 1 atom stereocenters. The average Bonchev–Trinajstić information content (AvgIpc) is 3.22. The zero-order chi connectivity index (χ0) is 13.2. The number of aromatic hydroxyl groups is 1. The van der Waals surface area contributed by atoms with Gasteiger partial charge in [0, 0.05) is 25.2 Å². The maximum absolute atomic E-state index is 9.56. The van der Waals surface area contributed by atoms with E-state index in [1.807, 2.05) is 12.1 Å². The van der Waals surface area contributed by atoms with Gasteiger partial charge in [0.05, 0.1) is 0 Å². The van der Waals surface area contributed by atoms with Gasteiger partial charge < -0.3 is 15.3 Å². The Morgan fingerprint density at radius 3 is 2.95 bits per heavy atom. The molecule has 0 amide bonds. The van der Waals surface area contributed by atoms with E-state index in [9.17, 15) is 5.11 Å². The Labute approximate surface area is 115 Å². The van der Waals surface area contributed by atoms with Crippen molar-refractivity contribution in [2.45, 2.75) is 44.2 Å². The Balaban J connectivity index is 1.57. The summed E-state index contributed by atoms with van der Waals surface area (Å²) >= 11 is 0. The van der Waals surface area contributed by atoms with Crippen LogP contribution < -0.4 is 5.32 Å². The normalized spacial score (nSPS) is 22.5. The number of likely N-dealkylation sites (N-methyl/N-ethyl adjacent to an activating group) is 1. The number of benzene rings is 1. The molecule has 3 nitrogen and oxygen atoms in total. The van der Waals surface area contributed by atoms with Crippen molar-refractivity contribution < 1.29 is 5.11 Å². The fourth-order valence-corrected chi connectivity index (χ4v) is 3.13. The molecule has 0 saturated heterocycles. The number of phenolic OH excluding ortho intramolecular Hbond substituents is 1. The topological polar surface area (TPSA) is 35.5 Å². The number of hydrogen-bond donors (Lipinski definition) is 2. The molecular formula is C16H24N2O. The van der Waals surface area contributed by atoms with Crippen molar-refractivity contribution in [1.82, 2.24) is 10.2 Å². The number of nitrogens with zero attached hydrogens (tertiary/aromatic N) is 1. The highest BCUT2D eigenvalue weighted by atomic mass is 16.3. The van der Waals surface area contributed by atoms with Gasteiger partial charge in [-0.25, -0.2) is 0 Å². The summed E-state index contributed by atoms with van der Waals surface area (Å²) in [6.45, 7) is 2.19. The molecule has 2 N–H and O–H groups in total. The molecule has 0 aromatic heterocycles. The summed E-state index contributed by atoms with van der Waals surface area (Å²) in [5.74, 6) is 0.396. The highest BCUT2D eigenvalue weighted by Gasteiger charge is 2.26. The second kappa shape index (κ2) is 5.51. The summed E-state index contributed by atoms with van der Waals surface area (Å²) in [4.78, 5) is 2.47. The van der Waals surface area contributed by atoms with Crippen molar-refractivity contribution >= 4 is 0 Å². The van der Waals surface area contributed by atoms with Gasteiger partial charge in [-0.15, -0.1) is 0 Å². The van der Waals surface area contributed by atoms with Gasteiger partial charge in [-0.05, 0) is 62.4 Å². The van der Waals surface area contributed by atoms with Gasteiger partial charge in [0.25, 0.3) is 0 Å². The zero-order valence-electron chi connectivity index (χ0n) is 11.7. The summed E-state index contributed by atoms with van der Waals surface area (Å²) in [6.07, 6.45) is 6.28. The number of aryl methyl sites for hydroxylation is 1.